The summed E-state index contributed by atoms with van der Waals surface area (Å²) in [5, 5.41) is 1.75. The minimum atomic E-state index is -0.408. The number of amides is 1. The molecule has 1 unspecified atom stereocenters. The molecule has 16 heavy (non-hydrogen) atoms. The molecule has 1 atom stereocenters. The molecule has 2 nitrogen and oxygen atoms in total. The summed E-state index contributed by atoms with van der Waals surface area (Å²) < 4.78 is 0. The molecular weight excluding hydrogens is 264 g/mol. The second-order valence-corrected chi connectivity index (χ2v) is 5.22. The van der Waals surface area contributed by atoms with Gasteiger partial charge in [-0.3, -0.25) is 4.79 Å². The Morgan fingerprint density at radius 3 is 2.62 bits per heavy atom. The van der Waals surface area contributed by atoms with Gasteiger partial charge >= 0.3 is 0 Å². The Bertz CT molecular complexity index is 551. The number of hydrogen-bond donors (Lipinski definition) is 1. The molecule has 0 saturated heterocycles. The molecule has 0 bridgehead atoms. The minimum Gasteiger partial charge on any atom is -0.365 e. The topological polar surface area (TPSA) is 43.1 Å². The summed E-state index contributed by atoms with van der Waals surface area (Å²) >= 11 is 12.0. The summed E-state index contributed by atoms with van der Waals surface area (Å²) in [6, 6.07) is 7.01. The lowest BCUT2D eigenvalue weighted by molar-refractivity contribution is 0.100. The molecule has 0 saturated carbocycles. The van der Waals surface area contributed by atoms with Gasteiger partial charge in [0.25, 0.3) is 5.91 Å². The van der Waals surface area contributed by atoms with Gasteiger partial charge in [-0.15, -0.1) is 8.19 Å². The summed E-state index contributed by atoms with van der Waals surface area (Å²) in [4.78, 5) is 11.2. The van der Waals surface area contributed by atoms with Gasteiger partial charge in [-0.25, -0.2) is 0 Å². The van der Waals surface area contributed by atoms with Crippen molar-refractivity contribution in [3.05, 3.63) is 45.4 Å². The maximum atomic E-state index is 11.2. The van der Waals surface area contributed by atoms with Gasteiger partial charge in [-0.1, -0.05) is 23.2 Å². The second-order valence-electron chi connectivity index (χ2n) is 3.25. The monoisotopic (exact) mass is 271 g/mol. The first-order valence-corrected chi connectivity index (χ1v) is 6.35. The lowest BCUT2D eigenvalue weighted by Crippen LogP contribution is -2.09. The molecule has 5 heteroatoms. The molecular formula is C11H8Cl2NOP. The quantitative estimate of drug-likeness (QED) is 0.887. The van der Waals surface area contributed by atoms with Crippen LogP contribution in [0.4, 0.5) is 0 Å². The Hall–Kier alpha value is -0.950. The molecule has 2 aromatic rings. The van der Waals surface area contributed by atoms with Crippen LogP contribution in [0.15, 0.2) is 30.1 Å². The highest BCUT2D eigenvalue weighted by Crippen LogP contribution is 2.36. The fraction of sp³-hybridized carbons (Fsp3) is 0. The van der Waals surface area contributed by atoms with E-state index in [1.807, 2.05) is 11.9 Å². The standard InChI is InChI=1S/C11H8Cl2NOP/c12-6-1-2-9(13)8(5-6)7-3-4-16-10(7)11(14)15/h1-5,16H,(H2,14,15). The number of benzene rings is 1. The minimum absolute atomic E-state index is 0.302. The predicted octanol–water partition coefficient (Wildman–Crippen LogP) is 3.79. The van der Waals surface area contributed by atoms with Gasteiger partial charge in [0.05, 0.1) is 5.30 Å². The molecule has 1 heterocycles. The summed E-state index contributed by atoms with van der Waals surface area (Å²) in [5.41, 5.74) is 6.84. The van der Waals surface area contributed by atoms with Gasteiger partial charge in [-0.2, -0.15) is 0 Å². The fourth-order valence-corrected chi connectivity index (χ4v) is 2.83. The summed E-state index contributed by atoms with van der Waals surface area (Å²) in [6.07, 6.45) is 0. The van der Waals surface area contributed by atoms with Crippen LogP contribution in [0.5, 0.6) is 0 Å². The third-order valence-corrected chi connectivity index (χ3v) is 3.91. The smallest absolute Gasteiger partial charge is 0.253 e. The van der Waals surface area contributed by atoms with E-state index in [2.05, 4.69) is 0 Å². The molecule has 0 radical (unpaired) electrons. The van der Waals surface area contributed by atoms with Crippen molar-refractivity contribution >= 4 is 37.3 Å². The van der Waals surface area contributed by atoms with Crippen molar-refractivity contribution in [1.29, 1.82) is 0 Å². The van der Waals surface area contributed by atoms with Gasteiger partial charge in [0.2, 0.25) is 0 Å². The van der Waals surface area contributed by atoms with E-state index in [0.717, 1.165) is 11.1 Å². The average molecular weight is 272 g/mol. The van der Waals surface area contributed by atoms with E-state index in [1.165, 1.54) is 0 Å². The Kier molecular flexibility index (Phi) is 3.25. The summed E-state index contributed by atoms with van der Waals surface area (Å²) in [5.74, 6) is 1.50. The number of nitrogens with two attached hydrogens (primary N) is 1. The van der Waals surface area contributed by atoms with Crippen LogP contribution in [0.25, 0.3) is 11.1 Å². The third-order valence-electron chi connectivity index (χ3n) is 2.21. The van der Waals surface area contributed by atoms with E-state index in [1.54, 1.807) is 18.2 Å². The van der Waals surface area contributed by atoms with Crippen molar-refractivity contribution in [1.82, 2.24) is 0 Å². The Labute approximate surface area is 104 Å². The van der Waals surface area contributed by atoms with Crippen LogP contribution in [-0.4, -0.2) is 5.91 Å². The highest BCUT2D eigenvalue weighted by atomic mass is 35.5. The zero-order chi connectivity index (χ0) is 11.7. The molecule has 1 aromatic heterocycles. The van der Waals surface area contributed by atoms with E-state index in [9.17, 15) is 4.79 Å². The number of hydrogen-bond acceptors (Lipinski definition) is 1. The van der Waals surface area contributed by atoms with Crippen LogP contribution in [0.1, 0.15) is 10.1 Å². The van der Waals surface area contributed by atoms with Crippen LogP contribution >= 0.6 is 31.4 Å². The van der Waals surface area contributed by atoms with Gasteiger partial charge in [-0.05, 0) is 35.6 Å². The maximum absolute atomic E-state index is 11.2. The van der Waals surface area contributed by atoms with Crippen molar-refractivity contribution in [2.45, 2.75) is 0 Å². The van der Waals surface area contributed by atoms with E-state index >= 15 is 0 Å². The van der Waals surface area contributed by atoms with E-state index in [-0.39, 0.29) is 0 Å². The maximum Gasteiger partial charge on any atom is 0.253 e. The van der Waals surface area contributed by atoms with Crippen LogP contribution < -0.4 is 5.73 Å². The Balaban J connectivity index is 2.62. The van der Waals surface area contributed by atoms with E-state index in [4.69, 9.17) is 28.9 Å². The average Bonchev–Trinajstić information content (AvgIpc) is 2.70. The lowest BCUT2D eigenvalue weighted by Gasteiger charge is -2.05. The van der Waals surface area contributed by atoms with Crippen molar-refractivity contribution in [2.24, 2.45) is 5.73 Å². The number of carbonyl (C=O) groups is 1. The van der Waals surface area contributed by atoms with Crippen molar-refractivity contribution in [3.8, 4) is 11.1 Å². The first-order valence-electron chi connectivity index (χ1n) is 4.52. The lowest BCUT2D eigenvalue weighted by atomic mass is 10.1. The molecule has 0 aliphatic rings. The fourth-order valence-electron chi connectivity index (χ4n) is 1.50. The van der Waals surface area contributed by atoms with Crippen LogP contribution in [-0.2, 0) is 0 Å². The van der Waals surface area contributed by atoms with Gasteiger partial charge in [0, 0.05) is 15.6 Å². The molecule has 0 spiro atoms. The van der Waals surface area contributed by atoms with Gasteiger partial charge < -0.3 is 5.73 Å². The SMILES string of the molecule is NC(=O)c1[pH]ccc1-c1cc(Cl)ccc1Cl. The highest BCUT2D eigenvalue weighted by Gasteiger charge is 2.13. The molecule has 2 N–H and O–H groups in total. The zero-order valence-corrected chi connectivity index (χ0v) is 10.6. The normalized spacial score (nSPS) is 10.9. The van der Waals surface area contributed by atoms with Crippen molar-refractivity contribution in [3.63, 3.8) is 0 Å². The number of primary amides is 1. The largest absolute Gasteiger partial charge is 0.365 e. The molecule has 82 valence electrons. The number of rotatable bonds is 2. The summed E-state index contributed by atoms with van der Waals surface area (Å²) in [6.45, 7) is 0. The molecule has 0 aliphatic heterocycles. The summed E-state index contributed by atoms with van der Waals surface area (Å²) in [7, 11) is 0.302. The van der Waals surface area contributed by atoms with Crippen molar-refractivity contribution < 1.29 is 4.79 Å². The zero-order valence-electron chi connectivity index (χ0n) is 8.13. The van der Waals surface area contributed by atoms with E-state index < -0.39 is 5.91 Å². The van der Waals surface area contributed by atoms with Crippen LogP contribution in [0, 0.1) is 0 Å². The second kappa shape index (κ2) is 4.50. The first kappa shape index (κ1) is 11.5. The Morgan fingerprint density at radius 2 is 1.94 bits per heavy atom. The van der Waals surface area contributed by atoms with Gasteiger partial charge in [0.1, 0.15) is 0 Å². The van der Waals surface area contributed by atoms with Crippen LogP contribution in [0.3, 0.4) is 0 Å². The third kappa shape index (κ3) is 2.10. The molecule has 2 rings (SSSR count). The predicted molar refractivity (Wildman–Crippen MR) is 69.9 cm³/mol. The van der Waals surface area contributed by atoms with Crippen molar-refractivity contribution in [2.75, 3.05) is 0 Å². The molecule has 1 aromatic carbocycles. The van der Waals surface area contributed by atoms with Gasteiger partial charge in [0.15, 0.2) is 0 Å². The van der Waals surface area contributed by atoms with E-state index in [0.29, 0.717) is 23.5 Å². The highest BCUT2D eigenvalue weighted by molar-refractivity contribution is 7.32. The first-order chi connectivity index (χ1) is 7.59. The Morgan fingerprint density at radius 1 is 1.19 bits per heavy atom. The molecule has 1 amide bonds. The number of carbonyl (C=O) groups excluding carboxylic acids is 1. The van der Waals surface area contributed by atoms with Crippen LogP contribution in [0.2, 0.25) is 10.0 Å². The molecule has 0 aliphatic carbocycles. The number of halogens is 2. The molecule has 0 fully saturated rings.